The first kappa shape index (κ1) is 13.4. The summed E-state index contributed by atoms with van der Waals surface area (Å²) >= 11 is 0. The average molecular weight is 265 g/mol. The molecular weight excluding hydrogens is 242 g/mol. The average Bonchev–Trinajstić information content (AvgIpc) is 2.61. The van der Waals surface area contributed by atoms with Crippen LogP contribution >= 0.6 is 0 Å². The zero-order valence-corrected chi connectivity index (χ0v) is 14.0. The van der Waals surface area contributed by atoms with E-state index in [1.807, 2.05) is 0 Å². The molecular formula is C14H23NO2Si. The number of rotatable bonds is 1. The molecule has 1 aromatic rings. The molecule has 4 heteroatoms. The summed E-state index contributed by atoms with van der Waals surface area (Å²) in [6, 6.07) is 0. The molecule has 0 radical (unpaired) electrons. The molecule has 1 aromatic heterocycles. The van der Waals surface area contributed by atoms with Gasteiger partial charge < -0.3 is 9.72 Å². The van der Waals surface area contributed by atoms with Gasteiger partial charge in [0.05, 0.1) is 22.9 Å². The maximum Gasteiger partial charge on any atom is 0.339 e. The Bertz CT molecular complexity index is 471. The van der Waals surface area contributed by atoms with Crippen molar-refractivity contribution in [2.24, 2.45) is 11.3 Å². The van der Waals surface area contributed by atoms with Gasteiger partial charge in [0.1, 0.15) is 0 Å². The summed E-state index contributed by atoms with van der Waals surface area (Å²) in [4.78, 5) is 15.3. The number of H-pyrrole nitrogens is 1. The van der Waals surface area contributed by atoms with Gasteiger partial charge in [0.2, 0.25) is 0 Å². The Kier molecular flexibility index (Phi) is 3.40. The van der Waals surface area contributed by atoms with Crippen molar-refractivity contribution in [3.05, 3.63) is 16.8 Å². The lowest BCUT2D eigenvalue weighted by Crippen LogP contribution is -2.27. The van der Waals surface area contributed by atoms with E-state index in [9.17, 15) is 4.79 Å². The van der Waals surface area contributed by atoms with Gasteiger partial charge in [-0.15, -0.1) is 0 Å². The Hall–Kier alpha value is -1.03. The van der Waals surface area contributed by atoms with E-state index in [0.717, 1.165) is 34.0 Å². The number of carbonyl (C=O) groups is 1. The van der Waals surface area contributed by atoms with Crippen LogP contribution < -0.4 is 5.32 Å². The predicted molar refractivity (Wildman–Crippen MR) is 76.7 cm³/mol. The largest absolute Gasteiger partial charge is 0.465 e. The number of nitrogens with one attached hydrogen (secondary N) is 1. The van der Waals surface area contributed by atoms with Crippen LogP contribution in [0.2, 0.25) is 0 Å². The molecule has 0 saturated carbocycles. The Morgan fingerprint density at radius 2 is 2.11 bits per heavy atom. The second-order valence-corrected chi connectivity index (χ2v) is 7.38. The second kappa shape index (κ2) is 4.57. The van der Waals surface area contributed by atoms with Crippen LogP contribution in [0, 0.1) is 11.3 Å². The van der Waals surface area contributed by atoms with Gasteiger partial charge in [-0.3, -0.25) is 0 Å². The molecule has 2 rings (SSSR count). The lowest BCUT2D eigenvalue weighted by molar-refractivity contribution is 0.0601. The van der Waals surface area contributed by atoms with Crippen molar-refractivity contribution in [2.75, 3.05) is 7.11 Å². The van der Waals surface area contributed by atoms with E-state index < -0.39 is 0 Å². The third kappa shape index (κ3) is 2.26. The molecule has 1 atom stereocenters. The van der Waals surface area contributed by atoms with Gasteiger partial charge in [-0.2, -0.15) is 0 Å². The van der Waals surface area contributed by atoms with E-state index in [-0.39, 0.29) is 5.97 Å². The molecule has 1 aliphatic carbocycles. The van der Waals surface area contributed by atoms with Gasteiger partial charge in [0, 0.05) is 11.0 Å². The Morgan fingerprint density at radius 3 is 2.67 bits per heavy atom. The lowest BCUT2D eigenvalue weighted by Gasteiger charge is -2.33. The molecule has 0 aliphatic heterocycles. The first-order valence-corrected chi connectivity index (χ1v) is 7.63. The summed E-state index contributed by atoms with van der Waals surface area (Å²) in [5.74, 6) is 0.516. The predicted octanol–water partition coefficient (Wildman–Crippen LogP) is 0.943. The molecule has 0 bridgehead atoms. The Labute approximate surface area is 112 Å². The molecule has 1 heterocycles. The van der Waals surface area contributed by atoms with Crippen molar-refractivity contribution in [3.8, 4) is 0 Å². The van der Waals surface area contributed by atoms with Crippen LogP contribution in [0.3, 0.4) is 0 Å². The van der Waals surface area contributed by atoms with E-state index in [2.05, 4.69) is 25.8 Å². The van der Waals surface area contributed by atoms with Gasteiger partial charge in [-0.05, 0) is 36.2 Å². The summed E-state index contributed by atoms with van der Waals surface area (Å²) in [5.41, 5.74) is 3.64. The van der Waals surface area contributed by atoms with E-state index in [1.165, 1.54) is 24.8 Å². The van der Waals surface area contributed by atoms with Crippen LogP contribution in [0.15, 0.2) is 0 Å². The van der Waals surface area contributed by atoms with Crippen LogP contribution in [-0.2, 0) is 17.6 Å². The highest BCUT2D eigenvalue weighted by Crippen LogP contribution is 2.37. The van der Waals surface area contributed by atoms with E-state index in [0.29, 0.717) is 11.3 Å². The second-order valence-electron chi connectivity index (χ2n) is 6.38. The topological polar surface area (TPSA) is 42.1 Å². The zero-order chi connectivity index (χ0) is 13.5. The molecule has 18 heavy (non-hydrogen) atoms. The quantitative estimate of drug-likeness (QED) is 0.607. The van der Waals surface area contributed by atoms with Crippen molar-refractivity contribution in [1.29, 1.82) is 0 Å². The Morgan fingerprint density at radius 1 is 1.44 bits per heavy atom. The fourth-order valence-corrected chi connectivity index (χ4v) is 3.78. The molecule has 0 saturated heterocycles. The van der Waals surface area contributed by atoms with E-state index in [1.54, 1.807) is 0 Å². The lowest BCUT2D eigenvalue weighted by atomic mass is 9.72. The fourth-order valence-electron chi connectivity index (χ4n) is 2.98. The molecule has 1 unspecified atom stereocenters. The first-order chi connectivity index (χ1) is 8.34. The minimum Gasteiger partial charge on any atom is -0.465 e. The highest BCUT2D eigenvalue weighted by molar-refractivity contribution is 6.35. The number of carbonyl (C=O) groups excluding carboxylic acids is 1. The third-order valence-corrected chi connectivity index (χ3v) is 4.94. The van der Waals surface area contributed by atoms with Gasteiger partial charge >= 0.3 is 5.97 Å². The summed E-state index contributed by atoms with van der Waals surface area (Å²) in [7, 11) is 2.32. The van der Waals surface area contributed by atoms with Crippen molar-refractivity contribution in [3.63, 3.8) is 0 Å². The number of fused-ring (bicyclic) bond motifs is 1. The van der Waals surface area contributed by atoms with Crippen LogP contribution in [-0.4, -0.2) is 28.3 Å². The molecule has 0 fully saturated rings. The van der Waals surface area contributed by atoms with Gasteiger partial charge in [-0.1, -0.05) is 20.8 Å². The number of aromatic nitrogens is 1. The zero-order valence-electron chi connectivity index (χ0n) is 12.0. The number of aromatic amines is 1. The summed E-state index contributed by atoms with van der Waals surface area (Å²) in [6.07, 6.45) is 3.23. The number of hydrogen-bond donors (Lipinski definition) is 1. The summed E-state index contributed by atoms with van der Waals surface area (Å²) in [6.45, 7) is 6.90. The molecule has 0 aromatic carbocycles. The standard InChI is InChI=1S/C14H23NO2Si/c1-14(2,3)8-5-6-9-10(7-8)15-12(18)11(9)13(16)17-4/h8,15H,5-7H2,1-4,18H3. The number of ether oxygens (including phenoxy) is 1. The smallest absolute Gasteiger partial charge is 0.339 e. The minimum atomic E-state index is -0.174. The fraction of sp³-hybridized carbons (Fsp3) is 0.643. The van der Waals surface area contributed by atoms with Crippen LogP contribution in [0.4, 0.5) is 0 Å². The number of esters is 1. The SMILES string of the molecule is COC(=O)c1c([SiH3])[nH]c2c1CCC(C(C)(C)C)C2. The van der Waals surface area contributed by atoms with Gasteiger partial charge in [0.25, 0.3) is 0 Å². The van der Waals surface area contributed by atoms with Gasteiger partial charge in [-0.25, -0.2) is 4.79 Å². The normalized spacial score (nSPS) is 19.7. The highest BCUT2D eigenvalue weighted by atomic mass is 28.1. The van der Waals surface area contributed by atoms with E-state index >= 15 is 0 Å². The molecule has 1 aliphatic rings. The third-order valence-electron chi connectivity index (χ3n) is 4.19. The molecule has 3 nitrogen and oxygen atoms in total. The summed E-state index contributed by atoms with van der Waals surface area (Å²) < 4.78 is 4.90. The number of methoxy groups -OCH3 is 1. The monoisotopic (exact) mass is 265 g/mol. The van der Waals surface area contributed by atoms with Crippen molar-refractivity contribution in [2.45, 2.75) is 40.0 Å². The van der Waals surface area contributed by atoms with E-state index in [4.69, 9.17) is 4.74 Å². The summed E-state index contributed by atoms with van der Waals surface area (Å²) in [5, 5.41) is 1.08. The molecule has 0 spiro atoms. The maximum absolute atomic E-state index is 11.8. The molecule has 100 valence electrons. The van der Waals surface area contributed by atoms with Crippen LogP contribution in [0.1, 0.15) is 48.8 Å². The van der Waals surface area contributed by atoms with Crippen LogP contribution in [0.5, 0.6) is 0 Å². The molecule has 0 amide bonds. The Balaban J connectivity index is 2.34. The molecule has 1 N–H and O–H groups in total. The number of hydrogen-bond acceptors (Lipinski definition) is 2. The van der Waals surface area contributed by atoms with Crippen molar-refractivity contribution in [1.82, 2.24) is 4.98 Å². The highest BCUT2D eigenvalue weighted by Gasteiger charge is 2.32. The first-order valence-electron chi connectivity index (χ1n) is 6.63. The van der Waals surface area contributed by atoms with Crippen molar-refractivity contribution < 1.29 is 9.53 Å². The van der Waals surface area contributed by atoms with Crippen LogP contribution in [0.25, 0.3) is 0 Å². The minimum absolute atomic E-state index is 0.174. The maximum atomic E-state index is 11.8. The van der Waals surface area contributed by atoms with Gasteiger partial charge in [0.15, 0.2) is 0 Å². The van der Waals surface area contributed by atoms with Crippen molar-refractivity contribution >= 4 is 21.5 Å².